The number of carbonyl (C=O) groups excluding carboxylic acids is 1. The maximum atomic E-state index is 12.0. The highest BCUT2D eigenvalue weighted by molar-refractivity contribution is 5.89. The zero-order valence-corrected chi connectivity index (χ0v) is 11.9. The number of rotatable bonds is 4. The summed E-state index contributed by atoms with van der Waals surface area (Å²) < 4.78 is 10.5. The van der Waals surface area contributed by atoms with Gasteiger partial charge in [0.15, 0.2) is 0 Å². The predicted molar refractivity (Wildman–Crippen MR) is 72.4 cm³/mol. The van der Waals surface area contributed by atoms with Gasteiger partial charge in [0.05, 0.1) is 12.2 Å². The van der Waals surface area contributed by atoms with E-state index in [1.807, 2.05) is 26.8 Å². The Labute approximate surface area is 110 Å². The van der Waals surface area contributed by atoms with Crippen molar-refractivity contribution >= 4 is 5.97 Å². The van der Waals surface area contributed by atoms with E-state index in [0.29, 0.717) is 12.2 Å². The molecule has 0 heterocycles. The molecule has 0 saturated heterocycles. The van der Waals surface area contributed by atoms with Crippen LogP contribution in [0.5, 0.6) is 0 Å². The van der Waals surface area contributed by atoms with Crippen molar-refractivity contribution in [2.24, 2.45) is 0 Å². The van der Waals surface area contributed by atoms with Crippen LogP contribution in [0.4, 0.5) is 0 Å². The Morgan fingerprint density at radius 3 is 2.61 bits per heavy atom. The molecule has 0 spiro atoms. The minimum Gasteiger partial charge on any atom is -0.457 e. The van der Waals surface area contributed by atoms with Gasteiger partial charge in [-0.25, -0.2) is 4.79 Å². The third-order valence-electron chi connectivity index (χ3n) is 2.65. The van der Waals surface area contributed by atoms with Crippen molar-refractivity contribution in [1.29, 1.82) is 0 Å². The summed E-state index contributed by atoms with van der Waals surface area (Å²) >= 11 is 0. The summed E-state index contributed by atoms with van der Waals surface area (Å²) in [4.78, 5) is 12.0. The lowest BCUT2D eigenvalue weighted by molar-refractivity contribution is -0.150. The summed E-state index contributed by atoms with van der Waals surface area (Å²) in [6, 6.07) is 0. The number of methoxy groups -OCH3 is 1. The Morgan fingerprint density at radius 2 is 2.11 bits per heavy atom. The number of allylic oxidation sites excluding steroid dienone is 3. The maximum absolute atomic E-state index is 12.0. The summed E-state index contributed by atoms with van der Waals surface area (Å²) in [5, 5.41) is 0. The molecule has 0 N–H and O–H groups in total. The Bertz CT molecular complexity index is 345. The summed E-state index contributed by atoms with van der Waals surface area (Å²) in [7, 11) is 1.59. The van der Waals surface area contributed by atoms with Crippen LogP contribution in [0.25, 0.3) is 0 Å². The lowest BCUT2D eigenvalue weighted by atomic mass is 9.98. The van der Waals surface area contributed by atoms with Crippen LogP contribution in [0, 0.1) is 0 Å². The van der Waals surface area contributed by atoms with Crippen molar-refractivity contribution in [2.75, 3.05) is 13.7 Å². The topological polar surface area (TPSA) is 35.5 Å². The summed E-state index contributed by atoms with van der Waals surface area (Å²) in [6.45, 7) is 5.91. The van der Waals surface area contributed by atoms with E-state index in [2.05, 4.69) is 6.08 Å². The fraction of sp³-hybridized carbons (Fsp3) is 0.667. The average Bonchev–Trinajstić information content (AvgIpc) is 2.27. The van der Waals surface area contributed by atoms with E-state index >= 15 is 0 Å². The molecule has 0 aromatic rings. The van der Waals surface area contributed by atoms with E-state index in [9.17, 15) is 4.79 Å². The first-order valence-corrected chi connectivity index (χ1v) is 6.54. The van der Waals surface area contributed by atoms with Gasteiger partial charge in [-0.3, -0.25) is 0 Å². The van der Waals surface area contributed by atoms with Crippen molar-refractivity contribution in [1.82, 2.24) is 0 Å². The molecule has 0 radical (unpaired) electrons. The lowest BCUT2D eigenvalue weighted by Gasteiger charge is -2.21. The smallest absolute Gasteiger partial charge is 0.336 e. The first-order chi connectivity index (χ1) is 8.42. The minimum atomic E-state index is -0.467. The molecule has 0 unspecified atom stereocenters. The van der Waals surface area contributed by atoms with Gasteiger partial charge in [0, 0.05) is 7.11 Å². The van der Waals surface area contributed by atoms with E-state index < -0.39 is 5.60 Å². The fourth-order valence-electron chi connectivity index (χ4n) is 1.88. The largest absolute Gasteiger partial charge is 0.457 e. The minimum absolute atomic E-state index is 0.282. The molecule has 0 bridgehead atoms. The SMILES string of the molecule is COCC(=CC1=CCCCC1)C(=O)OC(C)(C)C. The third-order valence-corrected chi connectivity index (χ3v) is 2.65. The molecule has 1 rings (SSSR count). The van der Waals surface area contributed by atoms with Crippen molar-refractivity contribution in [2.45, 2.75) is 52.1 Å². The summed E-state index contributed by atoms with van der Waals surface area (Å²) in [5.41, 5.74) is 1.35. The van der Waals surface area contributed by atoms with E-state index in [0.717, 1.165) is 12.8 Å². The number of hydrogen-bond acceptors (Lipinski definition) is 3. The van der Waals surface area contributed by atoms with Crippen LogP contribution in [0.15, 0.2) is 23.3 Å². The molecule has 3 nitrogen and oxygen atoms in total. The van der Waals surface area contributed by atoms with Crippen LogP contribution in [-0.4, -0.2) is 25.3 Å². The molecule has 0 saturated carbocycles. The van der Waals surface area contributed by atoms with Gasteiger partial charge >= 0.3 is 5.97 Å². The van der Waals surface area contributed by atoms with E-state index in [1.54, 1.807) is 7.11 Å². The van der Waals surface area contributed by atoms with Crippen molar-refractivity contribution in [3.8, 4) is 0 Å². The normalized spacial score (nSPS) is 17.3. The molecular formula is C15H24O3. The molecular weight excluding hydrogens is 228 g/mol. The second-order valence-corrected chi connectivity index (χ2v) is 5.63. The predicted octanol–water partition coefficient (Wildman–Crippen LogP) is 3.40. The molecule has 102 valence electrons. The number of ether oxygens (including phenoxy) is 2. The van der Waals surface area contributed by atoms with Gasteiger partial charge < -0.3 is 9.47 Å². The van der Waals surface area contributed by atoms with Gasteiger partial charge in [-0.2, -0.15) is 0 Å². The quantitative estimate of drug-likeness (QED) is 0.568. The first-order valence-electron chi connectivity index (χ1n) is 6.54. The van der Waals surface area contributed by atoms with Crippen LogP contribution in [0.1, 0.15) is 46.5 Å². The molecule has 18 heavy (non-hydrogen) atoms. The third kappa shape index (κ3) is 5.50. The molecule has 1 aliphatic carbocycles. The standard InChI is InChI=1S/C15H24O3/c1-15(2,3)18-14(16)13(11-17-4)10-12-8-6-5-7-9-12/h8,10H,5-7,9,11H2,1-4H3. The van der Waals surface area contributed by atoms with Crippen LogP contribution in [0.2, 0.25) is 0 Å². The Balaban J connectivity index is 2.77. The molecule has 3 heteroatoms. The zero-order valence-electron chi connectivity index (χ0n) is 11.9. The maximum Gasteiger partial charge on any atom is 0.336 e. The van der Waals surface area contributed by atoms with Crippen LogP contribution in [0.3, 0.4) is 0 Å². The van der Waals surface area contributed by atoms with Gasteiger partial charge in [0.2, 0.25) is 0 Å². The molecule has 0 aromatic carbocycles. The molecule has 1 aliphatic rings. The lowest BCUT2D eigenvalue weighted by Crippen LogP contribution is -2.26. The molecule has 0 aromatic heterocycles. The summed E-state index contributed by atoms with van der Waals surface area (Å²) in [6.07, 6.45) is 8.69. The van der Waals surface area contributed by atoms with E-state index in [4.69, 9.17) is 9.47 Å². The van der Waals surface area contributed by atoms with Crippen molar-refractivity contribution in [3.63, 3.8) is 0 Å². The van der Waals surface area contributed by atoms with Crippen LogP contribution in [-0.2, 0) is 14.3 Å². The summed E-state index contributed by atoms with van der Waals surface area (Å²) in [5.74, 6) is -0.282. The second-order valence-electron chi connectivity index (χ2n) is 5.63. The van der Waals surface area contributed by atoms with Gasteiger partial charge in [-0.05, 0) is 52.5 Å². The van der Waals surface area contributed by atoms with Gasteiger partial charge in [-0.15, -0.1) is 0 Å². The Morgan fingerprint density at radius 1 is 1.39 bits per heavy atom. The highest BCUT2D eigenvalue weighted by Gasteiger charge is 2.20. The van der Waals surface area contributed by atoms with E-state index in [1.165, 1.54) is 18.4 Å². The van der Waals surface area contributed by atoms with Crippen molar-refractivity contribution in [3.05, 3.63) is 23.3 Å². The highest BCUT2D eigenvalue weighted by Crippen LogP contribution is 2.21. The highest BCUT2D eigenvalue weighted by atomic mass is 16.6. The molecule has 0 fully saturated rings. The first kappa shape index (κ1) is 15.0. The van der Waals surface area contributed by atoms with Crippen LogP contribution >= 0.6 is 0 Å². The molecule has 0 atom stereocenters. The second kappa shape index (κ2) is 6.74. The Kier molecular flexibility index (Phi) is 5.60. The number of esters is 1. The zero-order chi connectivity index (χ0) is 13.6. The van der Waals surface area contributed by atoms with Gasteiger partial charge in [0.25, 0.3) is 0 Å². The van der Waals surface area contributed by atoms with Gasteiger partial charge in [0.1, 0.15) is 5.60 Å². The monoisotopic (exact) mass is 252 g/mol. The van der Waals surface area contributed by atoms with Crippen LogP contribution < -0.4 is 0 Å². The number of carbonyl (C=O) groups is 1. The van der Waals surface area contributed by atoms with E-state index in [-0.39, 0.29) is 5.97 Å². The molecule has 0 amide bonds. The average molecular weight is 252 g/mol. The Hall–Kier alpha value is -1.09. The molecule has 0 aliphatic heterocycles. The van der Waals surface area contributed by atoms with Gasteiger partial charge in [-0.1, -0.05) is 11.6 Å². The fourth-order valence-corrected chi connectivity index (χ4v) is 1.88. The van der Waals surface area contributed by atoms with Crippen molar-refractivity contribution < 1.29 is 14.3 Å². The number of hydrogen-bond donors (Lipinski definition) is 0.